The van der Waals surface area contributed by atoms with Crippen molar-refractivity contribution in [3.63, 3.8) is 0 Å². The number of benzene rings is 2. The van der Waals surface area contributed by atoms with E-state index >= 15 is 0 Å². The van der Waals surface area contributed by atoms with Crippen LogP contribution < -0.4 is 4.90 Å². The van der Waals surface area contributed by atoms with E-state index in [0.717, 1.165) is 16.5 Å². The molecule has 0 atom stereocenters. The number of hydrogen-bond donors (Lipinski definition) is 0. The third kappa shape index (κ3) is 2.99. The predicted molar refractivity (Wildman–Crippen MR) is 84.3 cm³/mol. The topological polar surface area (TPSA) is 20.3 Å². The predicted octanol–water partition coefficient (Wildman–Crippen LogP) is 3.95. The van der Waals surface area contributed by atoms with E-state index in [1.165, 1.54) is 22.7 Å². The lowest BCUT2D eigenvalue weighted by Gasteiger charge is -2.17. The lowest BCUT2D eigenvalue weighted by Crippen LogP contribution is -2.30. The van der Waals surface area contributed by atoms with Crippen molar-refractivity contribution in [1.82, 2.24) is 0 Å². The molecule has 0 saturated heterocycles. The Labute approximate surface area is 132 Å². The van der Waals surface area contributed by atoms with E-state index in [1.807, 2.05) is 31.2 Å². The van der Waals surface area contributed by atoms with Gasteiger partial charge in [0.05, 0.1) is 11.4 Å². The summed E-state index contributed by atoms with van der Waals surface area (Å²) in [6.07, 6.45) is 0.433. The van der Waals surface area contributed by atoms with Crippen LogP contribution in [-0.4, -0.2) is 18.2 Å². The second-order valence-electron chi connectivity index (χ2n) is 5.28. The van der Waals surface area contributed by atoms with Crippen LogP contribution >= 0.6 is 11.8 Å². The molecule has 0 bridgehead atoms. The largest absolute Gasteiger partial charge is 0.311 e. The highest BCUT2D eigenvalue weighted by atomic mass is 32.2. The third-order valence-electron chi connectivity index (χ3n) is 3.70. The van der Waals surface area contributed by atoms with E-state index in [2.05, 4.69) is 0 Å². The molecular formula is C17H15F2NOS. The van der Waals surface area contributed by atoms with Crippen molar-refractivity contribution in [2.45, 2.75) is 18.2 Å². The number of halogens is 2. The number of carbonyl (C=O) groups is 1. The van der Waals surface area contributed by atoms with Crippen LogP contribution in [0.4, 0.5) is 14.5 Å². The summed E-state index contributed by atoms with van der Waals surface area (Å²) in [5.74, 6) is -1.10. The number of thioether (sulfide) groups is 1. The fourth-order valence-electron chi connectivity index (χ4n) is 2.54. The molecule has 2 aromatic carbocycles. The Kier molecular flexibility index (Phi) is 4.16. The molecule has 0 radical (unpaired) electrons. The first-order valence-corrected chi connectivity index (χ1v) is 8.01. The molecule has 0 aliphatic carbocycles. The first kappa shape index (κ1) is 15.0. The zero-order valence-corrected chi connectivity index (χ0v) is 12.9. The molecule has 5 heteroatoms. The van der Waals surface area contributed by atoms with Crippen molar-refractivity contribution in [2.24, 2.45) is 0 Å². The molecule has 1 amide bonds. The van der Waals surface area contributed by atoms with Crippen LogP contribution in [0.15, 0.2) is 41.3 Å². The van der Waals surface area contributed by atoms with Gasteiger partial charge >= 0.3 is 0 Å². The van der Waals surface area contributed by atoms with E-state index in [9.17, 15) is 13.6 Å². The molecule has 1 heterocycles. The van der Waals surface area contributed by atoms with Crippen molar-refractivity contribution < 1.29 is 13.6 Å². The summed E-state index contributed by atoms with van der Waals surface area (Å²) in [5, 5.41) is 0. The molecule has 2 aromatic rings. The molecule has 0 fully saturated rings. The number of anilines is 1. The molecule has 0 saturated carbocycles. The molecule has 1 aliphatic heterocycles. The van der Waals surface area contributed by atoms with Gasteiger partial charge in [-0.05, 0) is 31.5 Å². The van der Waals surface area contributed by atoms with Crippen molar-refractivity contribution in [2.75, 3.05) is 17.2 Å². The van der Waals surface area contributed by atoms with Crippen molar-refractivity contribution >= 4 is 23.4 Å². The van der Waals surface area contributed by atoms with Crippen molar-refractivity contribution in [3.05, 3.63) is 59.2 Å². The average molecular weight is 319 g/mol. The Morgan fingerprint density at radius 1 is 1.23 bits per heavy atom. The van der Waals surface area contributed by atoms with Gasteiger partial charge in [0.25, 0.3) is 0 Å². The smallest absolute Gasteiger partial charge is 0.237 e. The number of aryl methyl sites for hydroxylation is 1. The quantitative estimate of drug-likeness (QED) is 0.798. The summed E-state index contributed by atoms with van der Waals surface area (Å²) in [6.45, 7) is 2.41. The van der Waals surface area contributed by atoms with Gasteiger partial charge < -0.3 is 4.90 Å². The zero-order valence-electron chi connectivity index (χ0n) is 12.1. The lowest BCUT2D eigenvalue weighted by molar-refractivity contribution is -0.116. The standard InChI is InChI=1S/C17H15F2NOS/c1-11-2-4-13(5-3-11)22-10-17(21)20-7-6-14-15(19)8-12(18)9-16(14)20/h2-5,8-9H,6-7,10H2,1H3. The van der Waals surface area contributed by atoms with Gasteiger partial charge in [-0.3, -0.25) is 4.79 Å². The molecule has 0 N–H and O–H groups in total. The number of amides is 1. The van der Waals surface area contributed by atoms with E-state index < -0.39 is 11.6 Å². The second kappa shape index (κ2) is 6.08. The van der Waals surface area contributed by atoms with Gasteiger partial charge in [-0.25, -0.2) is 8.78 Å². The third-order valence-corrected chi connectivity index (χ3v) is 4.69. The minimum absolute atomic E-state index is 0.130. The van der Waals surface area contributed by atoms with Gasteiger partial charge in [-0.2, -0.15) is 0 Å². The SMILES string of the molecule is Cc1ccc(SCC(=O)N2CCc3c(F)cc(F)cc32)cc1. The minimum atomic E-state index is -0.651. The first-order valence-electron chi connectivity index (χ1n) is 7.02. The summed E-state index contributed by atoms with van der Waals surface area (Å²) >= 11 is 1.43. The van der Waals surface area contributed by atoms with E-state index in [-0.39, 0.29) is 11.7 Å². The molecule has 0 unspecified atom stereocenters. The van der Waals surface area contributed by atoms with Crippen LogP contribution in [0, 0.1) is 18.6 Å². The average Bonchev–Trinajstić information content (AvgIpc) is 2.90. The van der Waals surface area contributed by atoms with E-state index in [1.54, 1.807) is 0 Å². The van der Waals surface area contributed by atoms with E-state index in [0.29, 0.717) is 24.2 Å². The highest BCUT2D eigenvalue weighted by molar-refractivity contribution is 8.00. The second-order valence-corrected chi connectivity index (χ2v) is 6.33. The Bertz CT molecular complexity index is 715. The minimum Gasteiger partial charge on any atom is -0.311 e. The van der Waals surface area contributed by atoms with Crippen LogP contribution in [0.1, 0.15) is 11.1 Å². The lowest BCUT2D eigenvalue weighted by atomic mass is 10.1. The van der Waals surface area contributed by atoms with Crippen LogP contribution in [-0.2, 0) is 11.2 Å². The number of hydrogen-bond acceptors (Lipinski definition) is 2. The van der Waals surface area contributed by atoms with Gasteiger partial charge in [-0.15, -0.1) is 11.8 Å². The highest BCUT2D eigenvalue weighted by Crippen LogP contribution is 2.32. The maximum absolute atomic E-state index is 13.7. The Hall–Kier alpha value is -1.88. The van der Waals surface area contributed by atoms with Crippen LogP contribution in [0.25, 0.3) is 0 Å². The molecular weight excluding hydrogens is 304 g/mol. The molecule has 1 aliphatic rings. The summed E-state index contributed by atoms with van der Waals surface area (Å²) in [4.78, 5) is 14.8. The van der Waals surface area contributed by atoms with Crippen molar-refractivity contribution in [3.8, 4) is 0 Å². The summed E-state index contributed by atoms with van der Waals surface area (Å²) in [7, 11) is 0. The fraction of sp³-hybridized carbons (Fsp3) is 0.235. The van der Waals surface area contributed by atoms with Crippen molar-refractivity contribution in [1.29, 1.82) is 0 Å². The number of fused-ring (bicyclic) bond motifs is 1. The maximum atomic E-state index is 13.7. The maximum Gasteiger partial charge on any atom is 0.237 e. The normalized spacial score (nSPS) is 13.3. The van der Waals surface area contributed by atoms with Crippen LogP contribution in [0.5, 0.6) is 0 Å². The van der Waals surface area contributed by atoms with Gasteiger partial charge in [0, 0.05) is 23.1 Å². The molecule has 114 valence electrons. The molecule has 2 nitrogen and oxygen atoms in total. The first-order chi connectivity index (χ1) is 10.5. The molecule has 22 heavy (non-hydrogen) atoms. The number of carbonyl (C=O) groups excluding carboxylic acids is 1. The Morgan fingerprint density at radius 3 is 2.68 bits per heavy atom. The van der Waals surface area contributed by atoms with Gasteiger partial charge in [0.1, 0.15) is 11.6 Å². The van der Waals surface area contributed by atoms with E-state index in [4.69, 9.17) is 0 Å². The molecule has 0 spiro atoms. The van der Waals surface area contributed by atoms with Gasteiger partial charge in [0.2, 0.25) is 5.91 Å². The monoisotopic (exact) mass is 319 g/mol. The number of nitrogens with zero attached hydrogens (tertiary/aromatic N) is 1. The van der Waals surface area contributed by atoms with Gasteiger partial charge in [0.15, 0.2) is 0 Å². The summed E-state index contributed by atoms with van der Waals surface area (Å²) in [5.41, 5.74) is 1.96. The molecule has 3 rings (SSSR count). The van der Waals surface area contributed by atoms with Crippen LogP contribution in [0.2, 0.25) is 0 Å². The van der Waals surface area contributed by atoms with Crippen LogP contribution in [0.3, 0.4) is 0 Å². The summed E-state index contributed by atoms with van der Waals surface area (Å²) < 4.78 is 27.1. The zero-order chi connectivity index (χ0) is 15.7. The summed E-state index contributed by atoms with van der Waals surface area (Å²) in [6, 6.07) is 10.0. The van der Waals surface area contributed by atoms with Gasteiger partial charge in [-0.1, -0.05) is 17.7 Å². The highest BCUT2D eigenvalue weighted by Gasteiger charge is 2.27. The Balaban J connectivity index is 1.71. The Morgan fingerprint density at radius 2 is 1.95 bits per heavy atom. The molecule has 0 aromatic heterocycles. The number of rotatable bonds is 3. The fourth-order valence-corrected chi connectivity index (χ4v) is 3.31.